The molecular weight excluding hydrogens is 322 g/mol. The van der Waals surface area contributed by atoms with Gasteiger partial charge in [0.05, 0.1) is 5.54 Å². The molecule has 0 aliphatic carbocycles. The van der Waals surface area contributed by atoms with E-state index in [1.807, 2.05) is 24.3 Å². The van der Waals surface area contributed by atoms with E-state index in [1.165, 1.54) is 6.07 Å². The second kappa shape index (κ2) is 6.23. The number of benzene rings is 2. The summed E-state index contributed by atoms with van der Waals surface area (Å²) in [5.74, 6) is -1.63. The molecule has 25 heavy (non-hydrogen) atoms. The molecule has 2 heterocycles. The number of hydrogen-bond acceptors (Lipinski definition) is 2. The first kappa shape index (κ1) is 16.2. The van der Waals surface area contributed by atoms with E-state index in [9.17, 15) is 13.6 Å². The zero-order valence-electron chi connectivity index (χ0n) is 13.9. The summed E-state index contributed by atoms with van der Waals surface area (Å²) in [6.07, 6.45) is 2.53. The molecule has 1 atom stereocenters. The third kappa shape index (κ3) is 3.04. The van der Waals surface area contributed by atoms with Crippen molar-refractivity contribution in [3.63, 3.8) is 0 Å². The van der Waals surface area contributed by atoms with Crippen molar-refractivity contribution in [1.82, 2.24) is 10.2 Å². The highest BCUT2D eigenvalue weighted by molar-refractivity contribution is 5.96. The van der Waals surface area contributed by atoms with Crippen LogP contribution in [0.3, 0.4) is 0 Å². The van der Waals surface area contributed by atoms with E-state index >= 15 is 0 Å². The maximum atomic E-state index is 13.9. The van der Waals surface area contributed by atoms with Crippen molar-refractivity contribution in [3.8, 4) is 0 Å². The SMILES string of the molecule is O=C1NC2(CCc3ccccc31)CCN(Cc1cccc(F)c1F)C2. The van der Waals surface area contributed by atoms with Crippen LogP contribution in [-0.4, -0.2) is 29.4 Å². The van der Waals surface area contributed by atoms with Crippen molar-refractivity contribution < 1.29 is 13.6 Å². The lowest BCUT2D eigenvalue weighted by Gasteiger charge is -2.29. The fraction of sp³-hybridized carbons (Fsp3) is 0.350. The number of carbonyl (C=O) groups is 1. The Morgan fingerprint density at radius 2 is 1.92 bits per heavy atom. The number of nitrogens with one attached hydrogen (secondary N) is 1. The molecular formula is C20H20F2N2O. The first-order valence-electron chi connectivity index (χ1n) is 8.62. The summed E-state index contributed by atoms with van der Waals surface area (Å²) in [5.41, 5.74) is 1.89. The fourth-order valence-corrected chi connectivity index (χ4v) is 4.02. The number of likely N-dealkylation sites (tertiary alicyclic amines) is 1. The predicted molar refractivity (Wildman–Crippen MR) is 91.2 cm³/mol. The van der Waals surface area contributed by atoms with Gasteiger partial charge in [0.1, 0.15) is 0 Å². The molecule has 5 heteroatoms. The van der Waals surface area contributed by atoms with Gasteiger partial charge in [0.2, 0.25) is 0 Å². The van der Waals surface area contributed by atoms with E-state index in [0.29, 0.717) is 18.7 Å². The second-order valence-electron chi connectivity index (χ2n) is 7.07. The zero-order chi connectivity index (χ0) is 17.4. The van der Waals surface area contributed by atoms with Crippen molar-refractivity contribution in [2.24, 2.45) is 0 Å². The lowest BCUT2D eigenvalue weighted by atomic mass is 9.91. The Morgan fingerprint density at radius 1 is 1.08 bits per heavy atom. The largest absolute Gasteiger partial charge is 0.345 e. The molecule has 2 aliphatic rings. The van der Waals surface area contributed by atoms with E-state index in [2.05, 4.69) is 10.2 Å². The fourth-order valence-electron chi connectivity index (χ4n) is 4.02. The van der Waals surface area contributed by atoms with E-state index in [4.69, 9.17) is 0 Å². The Balaban J connectivity index is 1.50. The van der Waals surface area contributed by atoms with Gasteiger partial charge in [0, 0.05) is 30.8 Å². The third-order valence-electron chi connectivity index (χ3n) is 5.37. The number of fused-ring (bicyclic) bond motifs is 1. The Labute approximate surface area is 145 Å². The summed E-state index contributed by atoms with van der Waals surface area (Å²) < 4.78 is 27.3. The average Bonchev–Trinajstić information content (AvgIpc) is 2.93. The van der Waals surface area contributed by atoms with Crippen LogP contribution < -0.4 is 5.32 Å². The lowest BCUT2D eigenvalue weighted by molar-refractivity contribution is 0.0902. The van der Waals surface area contributed by atoms with Crippen molar-refractivity contribution in [2.45, 2.75) is 31.3 Å². The van der Waals surface area contributed by atoms with E-state index in [0.717, 1.165) is 43.0 Å². The smallest absolute Gasteiger partial charge is 0.252 e. The van der Waals surface area contributed by atoms with Gasteiger partial charge in [-0.25, -0.2) is 8.78 Å². The molecule has 4 rings (SSSR count). The minimum absolute atomic E-state index is 0.0353. The first-order valence-corrected chi connectivity index (χ1v) is 8.62. The summed E-state index contributed by atoms with van der Waals surface area (Å²) in [7, 11) is 0. The van der Waals surface area contributed by atoms with Gasteiger partial charge in [-0.1, -0.05) is 30.3 Å². The standard InChI is InChI=1S/C20H20F2N2O/c21-17-7-3-5-15(18(17)22)12-24-11-10-20(13-24)9-8-14-4-1-2-6-16(14)19(25)23-20/h1-7H,8-13H2,(H,23,25). The molecule has 0 bridgehead atoms. The summed E-state index contributed by atoms with van der Waals surface area (Å²) in [5, 5.41) is 3.20. The molecule has 1 spiro atoms. The van der Waals surface area contributed by atoms with Gasteiger partial charge in [-0.15, -0.1) is 0 Å². The number of nitrogens with zero attached hydrogens (tertiary/aromatic N) is 1. The minimum atomic E-state index is -0.815. The molecule has 0 aromatic heterocycles. The summed E-state index contributed by atoms with van der Waals surface area (Å²) >= 11 is 0. The number of aryl methyl sites for hydroxylation is 1. The molecule has 1 N–H and O–H groups in total. The number of amides is 1. The maximum Gasteiger partial charge on any atom is 0.252 e. The van der Waals surface area contributed by atoms with Crippen molar-refractivity contribution in [3.05, 3.63) is 70.8 Å². The van der Waals surface area contributed by atoms with Crippen LogP contribution in [0.2, 0.25) is 0 Å². The number of hydrogen-bond donors (Lipinski definition) is 1. The second-order valence-corrected chi connectivity index (χ2v) is 7.07. The zero-order valence-corrected chi connectivity index (χ0v) is 13.9. The lowest BCUT2D eigenvalue weighted by Crippen LogP contribution is -2.49. The van der Waals surface area contributed by atoms with E-state index < -0.39 is 11.6 Å². The Hall–Kier alpha value is -2.27. The third-order valence-corrected chi connectivity index (χ3v) is 5.37. The van der Waals surface area contributed by atoms with Crippen molar-refractivity contribution >= 4 is 5.91 Å². The van der Waals surface area contributed by atoms with Crippen LogP contribution in [0.15, 0.2) is 42.5 Å². The summed E-state index contributed by atoms with van der Waals surface area (Å²) in [6, 6.07) is 12.0. The van der Waals surface area contributed by atoms with E-state index in [1.54, 1.807) is 6.07 Å². The Morgan fingerprint density at radius 3 is 2.80 bits per heavy atom. The van der Waals surface area contributed by atoms with Gasteiger partial charge >= 0.3 is 0 Å². The van der Waals surface area contributed by atoms with Gasteiger partial charge < -0.3 is 5.32 Å². The van der Waals surface area contributed by atoms with Crippen LogP contribution in [0.4, 0.5) is 8.78 Å². The topological polar surface area (TPSA) is 32.3 Å². The number of halogens is 2. The van der Waals surface area contributed by atoms with Crippen molar-refractivity contribution in [1.29, 1.82) is 0 Å². The predicted octanol–water partition coefficient (Wildman–Crippen LogP) is 3.29. The molecule has 3 nitrogen and oxygen atoms in total. The molecule has 2 aromatic carbocycles. The van der Waals surface area contributed by atoms with Gasteiger partial charge in [-0.2, -0.15) is 0 Å². The average molecular weight is 342 g/mol. The number of carbonyl (C=O) groups excluding carboxylic acids is 1. The van der Waals surface area contributed by atoms with Crippen LogP contribution in [-0.2, 0) is 13.0 Å². The highest BCUT2D eigenvalue weighted by Gasteiger charge is 2.41. The maximum absolute atomic E-state index is 13.9. The Kier molecular flexibility index (Phi) is 4.04. The molecule has 0 saturated carbocycles. The normalized spacial score (nSPS) is 23.4. The molecule has 2 aliphatic heterocycles. The molecule has 1 fully saturated rings. The van der Waals surface area contributed by atoms with Crippen molar-refractivity contribution in [2.75, 3.05) is 13.1 Å². The highest BCUT2D eigenvalue weighted by Crippen LogP contribution is 2.31. The van der Waals surface area contributed by atoms with Crippen LogP contribution in [0.1, 0.15) is 34.3 Å². The van der Waals surface area contributed by atoms with Gasteiger partial charge in [-0.05, 0) is 37.0 Å². The first-order chi connectivity index (χ1) is 12.1. The molecule has 1 amide bonds. The minimum Gasteiger partial charge on any atom is -0.345 e. The molecule has 0 radical (unpaired) electrons. The van der Waals surface area contributed by atoms with Crippen LogP contribution >= 0.6 is 0 Å². The van der Waals surface area contributed by atoms with Crippen LogP contribution in [0.5, 0.6) is 0 Å². The highest BCUT2D eigenvalue weighted by atomic mass is 19.2. The summed E-state index contributed by atoms with van der Waals surface area (Å²) in [4.78, 5) is 14.7. The summed E-state index contributed by atoms with van der Waals surface area (Å²) in [6.45, 7) is 1.77. The monoisotopic (exact) mass is 342 g/mol. The van der Waals surface area contributed by atoms with Crippen LogP contribution in [0, 0.1) is 11.6 Å². The molecule has 2 aromatic rings. The van der Waals surface area contributed by atoms with Gasteiger partial charge in [0.15, 0.2) is 11.6 Å². The van der Waals surface area contributed by atoms with Crippen LogP contribution in [0.25, 0.3) is 0 Å². The number of rotatable bonds is 2. The van der Waals surface area contributed by atoms with Gasteiger partial charge in [-0.3, -0.25) is 9.69 Å². The molecule has 1 unspecified atom stereocenters. The Bertz CT molecular complexity index is 823. The van der Waals surface area contributed by atoms with Gasteiger partial charge in [0.25, 0.3) is 5.91 Å². The molecule has 130 valence electrons. The quantitative estimate of drug-likeness (QED) is 0.908. The van der Waals surface area contributed by atoms with E-state index in [-0.39, 0.29) is 11.4 Å². The molecule has 1 saturated heterocycles.